The van der Waals surface area contributed by atoms with Crippen molar-refractivity contribution in [2.24, 2.45) is 0 Å². The van der Waals surface area contributed by atoms with Crippen molar-refractivity contribution in [3.8, 4) is 11.4 Å². The summed E-state index contributed by atoms with van der Waals surface area (Å²) in [6.07, 6.45) is -0.945. The molecule has 0 atom stereocenters. The number of nitrogens with zero attached hydrogens (tertiary/aromatic N) is 4. The summed E-state index contributed by atoms with van der Waals surface area (Å²) in [5, 5.41) is 9.96. The minimum Gasteiger partial charge on any atom is -0.480 e. The number of aryl methyl sites for hydroxylation is 1. The van der Waals surface area contributed by atoms with Crippen molar-refractivity contribution in [1.29, 1.82) is 0 Å². The first-order valence-electron chi connectivity index (χ1n) is 10.1. The van der Waals surface area contributed by atoms with Crippen LogP contribution < -0.4 is 4.90 Å². The van der Waals surface area contributed by atoms with Gasteiger partial charge in [-0.2, -0.15) is 13.2 Å². The number of carboxylic acid groups (broad SMARTS) is 1. The van der Waals surface area contributed by atoms with Crippen LogP contribution in [-0.2, 0) is 24.1 Å². The van der Waals surface area contributed by atoms with Gasteiger partial charge in [0.15, 0.2) is 5.82 Å². The zero-order valence-electron chi connectivity index (χ0n) is 18.0. The average molecular weight is 454 g/mol. The molecule has 170 valence electrons. The zero-order chi connectivity index (χ0) is 23.8. The maximum atomic E-state index is 12.8. The molecule has 0 saturated heterocycles. The van der Waals surface area contributed by atoms with Gasteiger partial charge in [0.25, 0.3) is 0 Å². The summed E-state index contributed by atoms with van der Waals surface area (Å²) in [5.41, 5.74) is 3.22. The predicted molar refractivity (Wildman–Crippen MR) is 119 cm³/mol. The molecule has 4 rings (SSSR count). The number of anilines is 1. The lowest BCUT2D eigenvalue weighted by Crippen LogP contribution is -2.17. The SMILES string of the molecule is Cc1nc(-c2ccc(C(F)(F)F)cc2)ncc1CN(C)c1ccc2c(ccn2CC(=O)O)c1. The van der Waals surface area contributed by atoms with Crippen LogP contribution in [-0.4, -0.2) is 32.7 Å². The van der Waals surface area contributed by atoms with E-state index in [4.69, 9.17) is 5.11 Å². The van der Waals surface area contributed by atoms with E-state index in [9.17, 15) is 18.0 Å². The lowest BCUT2D eigenvalue weighted by molar-refractivity contribution is -0.138. The Bertz CT molecular complexity index is 1310. The zero-order valence-corrected chi connectivity index (χ0v) is 18.0. The van der Waals surface area contributed by atoms with Crippen LogP contribution in [0.3, 0.4) is 0 Å². The van der Waals surface area contributed by atoms with Gasteiger partial charge in [0.1, 0.15) is 6.54 Å². The molecule has 6 nitrogen and oxygen atoms in total. The molecule has 0 unspecified atom stereocenters. The molecule has 0 fully saturated rings. The van der Waals surface area contributed by atoms with E-state index in [-0.39, 0.29) is 6.54 Å². The molecular formula is C24H21F3N4O2. The Labute approximate surface area is 187 Å². The van der Waals surface area contributed by atoms with Crippen molar-refractivity contribution in [2.75, 3.05) is 11.9 Å². The second kappa shape index (κ2) is 8.57. The van der Waals surface area contributed by atoms with Gasteiger partial charge in [0.2, 0.25) is 0 Å². The van der Waals surface area contributed by atoms with Gasteiger partial charge in [-0.15, -0.1) is 0 Å². The van der Waals surface area contributed by atoms with Gasteiger partial charge in [-0.05, 0) is 43.3 Å². The number of carboxylic acids is 1. The summed E-state index contributed by atoms with van der Waals surface area (Å²) in [6.45, 7) is 2.27. The highest BCUT2D eigenvalue weighted by atomic mass is 19.4. The molecule has 0 aliphatic carbocycles. The fourth-order valence-corrected chi connectivity index (χ4v) is 3.65. The maximum Gasteiger partial charge on any atom is 0.416 e. The van der Waals surface area contributed by atoms with E-state index in [1.807, 2.05) is 43.1 Å². The quantitative estimate of drug-likeness (QED) is 0.437. The van der Waals surface area contributed by atoms with Gasteiger partial charge in [-0.25, -0.2) is 9.97 Å². The number of aliphatic carboxylic acids is 1. The van der Waals surface area contributed by atoms with Crippen molar-refractivity contribution in [2.45, 2.75) is 26.2 Å². The number of fused-ring (bicyclic) bond motifs is 1. The minimum absolute atomic E-state index is 0.0967. The Balaban J connectivity index is 1.51. The number of aromatic nitrogens is 3. The smallest absolute Gasteiger partial charge is 0.416 e. The molecule has 9 heteroatoms. The second-order valence-corrected chi connectivity index (χ2v) is 7.82. The van der Waals surface area contributed by atoms with Crippen LogP contribution in [0, 0.1) is 6.92 Å². The molecule has 2 aromatic heterocycles. The first-order valence-corrected chi connectivity index (χ1v) is 10.1. The molecule has 2 aromatic carbocycles. The van der Waals surface area contributed by atoms with Crippen molar-refractivity contribution in [3.05, 3.63) is 77.7 Å². The highest BCUT2D eigenvalue weighted by molar-refractivity contribution is 5.85. The lowest BCUT2D eigenvalue weighted by atomic mass is 10.1. The molecule has 0 aliphatic rings. The highest BCUT2D eigenvalue weighted by Crippen LogP contribution is 2.30. The summed E-state index contributed by atoms with van der Waals surface area (Å²) >= 11 is 0. The van der Waals surface area contributed by atoms with Crippen LogP contribution >= 0.6 is 0 Å². The van der Waals surface area contributed by atoms with Gasteiger partial charge in [0.05, 0.1) is 5.56 Å². The molecule has 4 aromatic rings. The summed E-state index contributed by atoms with van der Waals surface area (Å²) in [7, 11) is 1.93. The monoisotopic (exact) mass is 454 g/mol. The fraction of sp³-hybridized carbons (Fsp3) is 0.208. The summed E-state index contributed by atoms with van der Waals surface area (Å²) in [4.78, 5) is 21.9. The predicted octanol–water partition coefficient (Wildman–Crippen LogP) is 5.15. The molecule has 0 radical (unpaired) electrons. The molecule has 33 heavy (non-hydrogen) atoms. The number of hydrogen-bond acceptors (Lipinski definition) is 4. The topological polar surface area (TPSA) is 71.2 Å². The second-order valence-electron chi connectivity index (χ2n) is 7.82. The molecule has 0 saturated carbocycles. The fourth-order valence-electron chi connectivity index (χ4n) is 3.65. The van der Waals surface area contributed by atoms with E-state index in [0.29, 0.717) is 17.9 Å². The van der Waals surface area contributed by atoms with Crippen LogP contribution in [0.15, 0.2) is 60.9 Å². The third-order valence-electron chi connectivity index (χ3n) is 5.46. The van der Waals surface area contributed by atoms with Crippen molar-refractivity contribution >= 4 is 22.6 Å². The molecule has 0 bridgehead atoms. The number of halogens is 3. The van der Waals surface area contributed by atoms with Crippen molar-refractivity contribution < 1.29 is 23.1 Å². The Morgan fingerprint density at radius 3 is 2.48 bits per heavy atom. The lowest BCUT2D eigenvalue weighted by Gasteiger charge is -2.20. The van der Waals surface area contributed by atoms with Crippen LogP contribution in [0.4, 0.5) is 18.9 Å². The molecular weight excluding hydrogens is 433 g/mol. The Hall–Kier alpha value is -3.88. The third kappa shape index (κ3) is 4.82. The highest BCUT2D eigenvalue weighted by Gasteiger charge is 2.30. The molecule has 2 heterocycles. The Morgan fingerprint density at radius 2 is 1.85 bits per heavy atom. The molecule has 0 aliphatic heterocycles. The summed E-state index contributed by atoms with van der Waals surface area (Å²) in [5.74, 6) is -0.530. The number of hydrogen-bond donors (Lipinski definition) is 1. The Morgan fingerprint density at radius 1 is 1.12 bits per heavy atom. The number of rotatable bonds is 6. The van der Waals surface area contributed by atoms with E-state index >= 15 is 0 Å². The normalized spacial score (nSPS) is 11.7. The van der Waals surface area contributed by atoms with Crippen molar-refractivity contribution in [3.63, 3.8) is 0 Å². The largest absolute Gasteiger partial charge is 0.480 e. The molecule has 1 N–H and O–H groups in total. The van der Waals surface area contributed by atoms with Gasteiger partial charge in [0, 0.05) is 59.4 Å². The third-order valence-corrected chi connectivity index (χ3v) is 5.46. The van der Waals surface area contributed by atoms with Crippen molar-refractivity contribution in [1.82, 2.24) is 14.5 Å². The maximum absolute atomic E-state index is 12.8. The van der Waals surface area contributed by atoms with Gasteiger partial charge in [-0.1, -0.05) is 12.1 Å². The summed E-state index contributed by atoms with van der Waals surface area (Å²) < 4.78 is 40.0. The number of carbonyl (C=O) groups is 1. The molecule has 0 spiro atoms. The average Bonchev–Trinajstić information content (AvgIpc) is 3.16. The van der Waals surface area contributed by atoms with E-state index < -0.39 is 17.7 Å². The van der Waals surface area contributed by atoms with Gasteiger partial charge in [-0.3, -0.25) is 4.79 Å². The first-order chi connectivity index (χ1) is 15.6. The Kier molecular flexibility index (Phi) is 5.80. The minimum atomic E-state index is -4.38. The van der Waals surface area contributed by atoms with Crippen LogP contribution in [0.2, 0.25) is 0 Å². The molecule has 0 amide bonds. The van der Waals surface area contributed by atoms with E-state index in [0.717, 1.165) is 40.0 Å². The van der Waals surface area contributed by atoms with E-state index in [1.54, 1.807) is 17.0 Å². The van der Waals surface area contributed by atoms with Gasteiger partial charge >= 0.3 is 12.1 Å². The van der Waals surface area contributed by atoms with E-state index in [1.165, 1.54) is 12.1 Å². The number of alkyl halides is 3. The van der Waals surface area contributed by atoms with Gasteiger partial charge < -0.3 is 14.6 Å². The van der Waals surface area contributed by atoms with Crippen LogP contribution in [0.25, 0.3) is 22.3 Å². The standard InChI is InChI=1S/C24H21F3N4O2/c1-15-18(12-28-23(29-15)16-3-5-19(6-4-16)24(25,26)27)13-30(2)20-7-8-21-17(11-20)9-10-31(21)14-22(32)33/h3-12H,13-14H2,1-2H3,(H,32,33). The first kappa shape index (κ1) is 22.3. The summed E-state index contributed by atoms with van der Waals surface area (Å²) in [6, 6.07) is 12.5. The number of benzene rings is 2. The van der Waals surface area contributed by atoms with Crippen LogP contribution in [0.1, 0.15) is 16.8 Å². The van der Waals surface area contributed by atoms with Crippen LogP contribution in [0.5, 0.6) is 0 Å². The van der Waals surface area contributed by atoms with E-state index in [2.05, 4.69) is 9.97 Å².